The zero-order chi connectivity index (χ0) is 15.3. The number of carboxylic acid groups (broad SMARTS) is 1. The van der Waals surface area contributed by atoms with E-state index in [1.807, 2.05) is 20.8 Å². The van der Waals surface area contributed by atoms with Crippen LogP contribution in [-0.4, -0.2) is 39.7 Å². The van der Waals surface area contributed by atoms with Gasteiger partial charge in [0.2, 0.25) is 0 Å². The Kier molecular flexibility index (Phi) is 5.37. The van der Waals surface area contributed by atoms with Crippen molar-refractivity contribution in [1.29, 1.82) is 0 Å². The Labute approximate surface area is 118 Å². The number of nitrogens with zero attached hydrogens (tertiary/aromatic N) is 1. The molecule has 20 heavy (non-hydrogen) atoms. The Morgan fingerprint density at radius 3 is 2.50 bits per heavy atom. The van der Waals surface area contributed by atoms with E-state index in [-0.39, 0.29) is 23.4 Å². The van der Waals surface area contributed by atoms with E-state index in [0.717, 1.165) is 6.42 Å². The molecule has 110 valence electrons. The summed E-state index contributed by atoms with van der Waals surface area (Å²) >= 11 is 0. The smallest absolute Gasteiger partial charge is 0.339 e. The normalized spacial score (nSPS) is 11.8. The number of urea groups is 1. The van der Waals surface area contributed by atoms with Crippen molar-refractivity contribution < 1.29 is 19.8 Å². The second kappa shape index (κ2) is 6.79. The van der Waals surface area contributed by atoms with Crippen molar-refractivity contribution in [1.82, 2.24) is 4.90 Å². The zero-order valence-electron chi connectivity index (χ0n) is 11.9. The summed E-state index contributed by atoms with van der Waals surface area (Å²) in [5.41, 5.74) is 0.0985. The SMILES string of the molecule is CCC(C)N(CC)C(=O)Nc1ccc(O)c(C(=O)O)c1. The van der Waals surface area contributed by atoms with Gasteiger partial charge in [0.1, 0.15) is 11.3 Å². The van der Waals surface area contributed by atoms with Gasteiger partial charge in [0, 0.05) is 18.3 Å². The first-order chi connectivity index (χ1) is 9.40. The van der Waals surface area contributed by atoms with E-state index in [0.29, 0.717) is 12.2 Å². The van der Waals surface area contributed by atoms with Gasteiger partial charge in [-0.05, 0) is 38.5 Å². The third-order valence-electron chi connectivity index (χ3n) is 3.20. The number of hydrogen-bond acceptors (Lipinski definition) is 3. The zero-order valence-corrected chi connectivity index (χ0v) is 11.9. The van der Waals surface area contributed by atoms with Crippen LogP contribution in [-0.2, 0) is 0 Å². The van der Waals surface area contributed by atoms with Gasteiger partial charge in [0.15, 0.2) is 0 Å². The number of carbonyl (C=O) groups is 2. The maximum absolute atomic E-state index is 12.1. The number of carbonyl (C=O) groups excluding carboxylic acids is 1. The molecule has 0 fully saturated rings. The van der Waals surface area contributed by atoms with Crippen molar-refractivity contribution in [3.05, 3.63) is 23.8 Å². The van der Waals surface area contributed by atoms with Crippen LogP contribution in [0, 0.1) is 0 Å². The highest BCUT2D eigenvalue weighted by Gasteiger charge is 2.18. The van der Waals surface area contributed by atoms with E-state index in [2.05, 4.69) is 5.32 Å². The van der Waals surface area contributed by atoms with Gasteiger partial charge in [-0.15, -0.1) is 0 Å². The van der Waals surface area contributed by atoms with Crippen LogP contribution in [0.5, 0.6) is 5.75 Å². The van der Waals surface area contributed by atoms with Crippen LogP contribution >= 0.6 is 0 Å². The fourth-order valence-corrected chi connectivity index (χ4v) is 1.86. The molecule has 3 N–H and O–H groups in total. The molecular formula is C14H20N2O4. The number of hydrogen-bond donors (Lipinski definition) is 3. The number of aromatic hydroxyl groups is 1. The molecule has 1 aromatic carbocycles. The minimum Gasteiger partial charge on any atom is -0.507 e. The Bertz CT molecular complexity index is 502. The fraction of sp³-hybridized carbons (Fsp3) is 0.429. The highest BCUT2D eigenvalue weighted by atomic mass is 16.4. The van der Waals surface area contributed by atoms with E-state index >= 15 is 0 Å². The number of nitrogens with one attached hydrogen (secondary N) is 1. The number of amides is 2. The molecule has 0 aliphatic heterocycles. The van der Waals surface area contributed by atoms with Crippen LogP contribution in [0.4, 0.5) is 10.5 Å². The highest BCUT2D eigenvalue weighted by Crippen LogP contribution is 2.22. The molecule has 0 heterocycles. The van der Waals surface area contributed by atoms with Gasteiger partial charge in [-0.3, -0.25) is 0 Å². The minimum atomic E-state index is -1.24. The lowest BCUT2D eigenvalue weighted by Gasteiger charge is -2.27. The Morgan fingerprint density at radius 2 is 2.00 bits per heavy atom. The molecular weight excluding hydrogens is 260 g/mol. The predicted octanol–water partition coefficient (Wildman–Crippen LogP) is 2.74. The van der Waals surface area contributed by atoms with E-state index in [1.165, 1.54) is 18.2 Å². The van der Waals surface area contributed by atoms with Gasteiger partial charge in [0.25, 0.3) is 0 Å². The molecule has 0 aliphatic carbocycles. The molecule has 0 spiro atoms. The average molecular weight is 280 g/mol. The second-order valence-electron chi connectivity index (χ2n) is 4.51. The lowest BCUT2D eigenvalue weighted by Crippen LogP contribution is -2.41. The van der Waals surface area contributed by atoms with Crippen molar-refractivity contribution in [3.63, 3.8) is 0 Å². The molecule has 6 nitrogen and oxygen atoms in total. The van der Waals surface area contributed by atoms with Crippen LogP contribution in [0.25, 0.3) is 0 Å². The van der Waals surface area contributed by atoms with Crippen LogP contribution in [0.2, 0.25) is 0 Å². The molecule has 6 heteroatoms. The summed E-state index contributed by atoms with van der Waals surface area (Å²) in [7, 11) is 0. The van der Waals surface area contributed by atoms with E-state index in [4.69, 9.17) is 5.11 Å². The second-order valence-corrected chi connectivity index (χ2v) is 4.51. The van der Waals surface area contributed by atoms with Gasteiger partial charge < -0.3 is 20.4 Å². The summed E-state index contributed by atoms with van der Waals surface area (Å²) in [5, 5.41) is 21.0. The van der Waals surface area contributed by atoms with Gasteiger partial charge in [-0.2, -0.15) is 0 Å². The van der Waals surface area contributed by atoms with Gasteiger partial charge in [-0.1, -0.05) is 6.92 Å². The third kappa shape index (κ3) is 3.63. The minimum absolute atomic E-state index is 0.0936. The number of rotatable bonds is 5. The van der Waals surface area contributed by atoms with Crippen molar-refractivity contribution in [3.8, 4) is 5.75 Å². The van der Waals surface area contributed by atoms with Crippen LogP contribution in [0.15, 0.2) is 18.2 Å². The monoisotopic (exact) mass is 280 g/mol. The van der Waals surface area contributed by atoms with Crippen LogP contribution in [0.1, 0.15) is 37.6 Å². The summed E-state index contributed by atoms with van der Waals surface area (Å²) in [5.74, 6) is -1.57. The van der Waals surface area contributed by atoms with Gasteiger partial charge >= 0.3 is 12.0 Å². The highest BCUT2D eigenvalue weighted by molar-refractivity contribution is 5.95. The Morgan fingerprint density at radius 1 is 1.35 bits per heavy atom. The summed E-state index contributed by atoms with van der Waals surface area (Å²) in [6, 6.07) is 3.75. The van der Waals surface area contributed by atoms with Gasteiger partial charge in [0.05, 0.1) is 0 Å². The molecule has 0 aliphatic rings. The number of benzene rings is 1. The quantitative estimate of drug-likeness (QED) is 0.723. The van der Waals surface area contributed by atoms with Crippen LogP contribution in [0.3, 0.4) is 0 Å². The number of carboxylic acids is 1. The predicted molar refractivity (Wildman–Crippen MR) is 76.2 cm³/mol. The Balaban J connectivity index is 2.90. The van der Waals surface area contributed by atoms with Crippen molar-refractivity contribution in [2.24, 2.45) is 0 Å². The first-order valence-corrected chi connectivity index (χ1v) is 6.54. The van der Waals surface area contributed by atoms with E-state index < -0.39 is 5.97 Å². The number of phenols is 1. The largest absolute Gasteiger partial charge is 0.507 e. The molecule has 2 amide bonds. The topological polar surface area (TPSA) is 89.9 Å². The van der Waals surface area contributed by atoms with Crippen molar-refractivity contribution in [2.75, 3.05) is 11.9 Å². The standard InChI is InChI=1S/C14H20N2O4/c1-4-9(3)16(5-2)14(20)15-10-6-7-12(17)11(8-10)13(18)19/h6-9,17H,4-5H2,1-3H3,(H,15,20)(H,18,19). The molecule has 1 aromatic rings. The number of aromatic carboxylic acids is 1. The average Bonchev–Trinajstić information content (AvgIpc) is 2.41. The summed E-state index contributed by atoms with van der Waals surface area (Å²) in [6.45, 7) is 6.38. The molecule has 1 atom stereocenters. The maximum atomic E-state index is 12.1. The first-order valence-electron chi connectivity index (χ1n) is 6.54. The van der Waals surface area contributed by atoms with E-state index in [1.54, 1.807) is 4.90 Å². The molecule has 0 aromatic heterocycles. The maximum Gasteiger partial charge on any atom is 0.339 e. The fourth-order valence-electron chi connectivity index (χ4n) is 1.86. The molecule has 0 bridgehead atoms. The van der Waals surface area contributed by atoms with Crippen LogP contribution < -0.4 is 5.32 Å². The first kappa shape index (κ1) is 15.8. The molecule has 0 radical (unpaired) electrons. The summed E-state index contributed by atoms with van der Waals surface area (Å²) < 4.78 is 0. The number of anilines is 1. The molecule has 0 saturated carbocycles. The summed E-state index contributed by atoms with van der Waals surface area (Å²) in [4.78, 5) is 24.7. The van der Waals surface area contributed by atoms with Crippen molar-refractivity contribution in [2.45, 2.75) is 33.2 Å². The van der Waals surface area contributed by atoms with Gasteiger partial charge in [-0.25, -0.2) is 9.59 Å². The molecule has 1 rings (SSSR count). The lowest BCUT2D eigenvalue weighted by atomic mass is 10.2. The third-order valence-corrected chi connectivity index (χ3v) is 3.20. The molecule has 1 unspecified atom stereocenters. The lowest BCUT2D eigenvalue weighted by molar-refractivity contribution is 0.0693. The van der Waals surface area contributed by atoms with E-state index in [9.17, 15) is 14.7 Å². The Hall–Kier alpha value is -2.24. The molecule has 0 saturated heterocycles. The summed E-state index contributed by atoms with van der Waals surface area (Å²) in [6.07, 6.45) is 0.831. The van der Waals surface area contributed by atoms with Crippen molar-refractivity contribution >= 4 is 17.7 Å².